The molecule has 2 aliphatic rings. The lowest BCUT2D eigenvalue weighted by Crippen LogP contribution is -2.31. The summed E-state index contributed by atoms with van der Waals surface area (Å²) in [5.41, 5.74) is 5.78. The molecule has 3 atom stereocenters. The van der Waals surface area contributed by atoms with E-state index in [1.54, 1.807) is 0 Å². The Labute approximate surface area is 189 Å². The normalized spacial score (nSPS) is 23.4. The molecule has 0 aliphatic carbocycles. The van der Waals surface area contributed by atoms with Gasteiger partial charge in [-0.15, -0.1) is 0 Å². The SMILES string of the molecule is Cc1cc(C)cc(N2C(=S)N[C@H](c3ccccn3)[C@H]2c2cccn2C[C@H]2CCCO2)c1. The highest BCUT2D eigenvalue weighted by Crippen LogP contribution is 2.42. The summed E-state index contributed by atoms with van der Waals surface area (Å²) in [6.07, 6.45) is 6.54. The minimum Gasteiger partial charge on any atom is -0.376 e. The second-order valence-corrected chi connectivity index (χ2v) is 8.95. The van der Waals surface area contributed by atoms with Crippen molar-refractivity contribution in [2.75, 3.05) is 11.5 Å². The number of hydrogen-bond acceptors (Lipinski definition) is 3. The monoisotopic (exact) mass is 432 g/mol. The van der Waals surface area contributed by atoms with Crippen molar-refractivity contribution >= 4 is 23.0 Å². The highest BCUT2D eigenvalue weighted by molar-refractivity contribution is 7.80. The van der Waals surface area contributed by atoms with Crippen LogP contribution < -0.4 is 10.2 Å². The van der Waals surface area contributed by atoms with Crippen LogP contribution in [0.4, 0.5) is 5.69 Å². The molecular formula is C25H28N4OS. The van der Waals surface area contributed by atoms with Crippen molar-refractivity contribution in [1.29, 1.82) is 0 Å². The Morgan fingerprint density at radius 3 is 2.68 bits per heavy atom. The summed E-state index contributed by atoms with van der Waals surface area (Å²) < 4.78 is 8.27. The lowest BCUT2D eigenvalue weighted by molar-refractivity contribution is 0.0961. The molecule has 2 fully saturated rings. The van der Waals surface area contributed by atoms with Gasteiger partial charge in [-0.05, 0) is 86.4 Å². The van der Waals surface area contributed by atoms with Gasteiger partial charge in [0.05, 0.1) is 17.8 Å². The molecular weight excluding hydrogens is 404 g/mol. The fourth-order valence-corrected chi connectivity index (χ4v) is 5.24. The van der Waals surface area contributed by atoms with Gasteiger partial charge < -0.3 is 19.5 Å². The molecule has 160 valence electrons. The van der Waals surface area contributed by atoms with Crippen LogP contribution in [0.2, 0.25) is 0 Å². The third-order valence-corrected chi connectivity index (χ3v) is 6.49. The molecule has 0 spiro atoms. The largest absolute Gasteiger partial charge is 0.376 e. The van der Waals surface area contributed by atoms with Crippen LogP contribution in [0, 0.1) is 13.8 Å². The van der Waals surface area contributed by atoms with Gasteiger partial charge in [-0.3, -0.25) is 4.98 Å². The lowest BCUT2D eigenvalue weighted by atomic mass is 10.00. The van der Waals surface area contributed by atoms with Crippen molar-refractivity contribution in [2.24, 2.45) is 0 Å². The van der Waals surface area contributed by atoms with E-state index in [1.807, 2.05) is 18.3 Å². The summed E-state index contributed by atoms with van der Waals surface area (Å²) in [6, 6.07) is 17.0. The first-order valence-corrected chi connectivity index (χ1v) is 11.4. The Balaban J connectivity index is 1.59. The van der Waals surface area contributed by atoms with Crippen LogP contribution in [0.25, 0.3) is 0 Å². The van der Waals surface area contributed by atoms with Crippen molar-refractivity contribution in [3.05, 3.63) is 83.4 Å². The highest BCUT2D eigenvalue weighted by atomic mass is 32.1. The topological polar surface area (TPSA) is 42.3 Å². The van der Waals surface area contributed by atoms with Gasteiger partial charge in [0.1, 0.15) is 6.04 Å². The molecule has 2 aliphatic heterocycles. The van der Waals surface area contributed by atoms with Gasteiger partial charge in [-0.25, -0.2) is 0 Å². The van der Waals surface area contributed by atoms with Crippen LogP contribution in [0.5, 0.6) is 0 Å². The number of anilines is 1. The number of thiocarbonyl (C=S) groups is 1. The number of ether oxygens (including phenoxy) is 1. The number of nitrogens with one attached hydrogen (secondary N) is 1. The third-order valence-electron chi connectivity index (χ3n) is 6.17. The highest BCUT2D eigenvalue weighted by Gasteiger charge is 2.42. The predicted molar refractivity (Wildman–Crippen MR) is 127 cm³/mol. The van der Waals surface area contributed by atoms with E-state index in [0.717, 1.165) is 42.5 Å². The van der Waals surface area contributed by atoms with E-state index in [2.05, 4.69) is 76.2 Å². The van der Waals surface area contributed by atoms with E-state index in [1.165, 1.54) is 16.8 Å². The van der Waals surface area contributed by atoms with Gasteiger partial charge in [0, 0.05) is 36.9 Å². The first kappa shape index (κ1) is 20.2. The van der Waals surface area contributed by atoms with E-state index < -0.39 is 0 Å². The fraction of sp³-hybridized carbons (Fsp3) is 0.360. The summed E-state index contributed by atoms with van der Waals surface area (Å²) in [7, 11) is 0. The van der Waals surface area contributed by atoms with Crippen molar-refractivity contribution in [3.8, 4) is 0 Å². The van der Waals surface area contributed by atoms with Crippen LogP contribution in [0.1, 0.15) is 47.4 Å². The first-order valence-electron chi connectivity index (χ1n) is 11.0. The van der Waals surface area contributed by atoms with E-state index in [4.69, 9.17) is 17.0 Å². The molecule has 0 amide bonds. The van der Waals surface area contributed by atoms with Gasteiger partial charge >= 0.3 is 0 Å². The van der Waals surface area contributed by atoms with Gasteiger partial charge in [0.2, 0.25) is 0 Å². The van der Waals surface area contributed by atoms with Gasteiger partial charge in [0.15, 0.2) is 5.11 Å². The summed E-state index contributed by atoms with van der Waals surface area (Å²) >= 11 is 5.88. The second-order valence-electron chi connectivity index (χ2n) is 8.56. The maximum atomic E-state index is 5.93. The second kappa shape index (κ2) is 8.44. The van der Waals surface area contributed by atoms with Gasteiger partial charge in [0.25, 0.3) is 0 Å². The summed E-state index contributed by atoms with van der Waals surface area (Å²) in [5.74, 6) is 0. The Kier molecular flexibility index (Phi) is 5.50. The van der Waals surface area contributed by atoms with Gasteiger partial charge in [-0.2, -0.15) is 0 Å². The van der Waals surface area contributed by atoms with E-state index >= 15 is 0 Å². The van der Waals surface area contributed by atoms with Crippen LogP contribution in [-0.4, -0.2) is 27.4 Å². The fourth-order valence-electron chi connectivity index (χ4n) is 4.89. The number of aromatic nitrogens is 2. The smallest absolute Gasteiger partial charge is 0.174 e. The third kappa shape index (κ3) is 3.98. The molecule has 2 saturated heterocycles. The lowest BCUT2D eigenvalue weighted by Gasteiger charge is -2.30. The summed E-state index contributed by atoms with van der Waals surface area (Å²) in [5, 5.41) is 4.30. The molecule has 3 aromatic rings. The maximum Gasteiger partial charge on any atom is 0.174 e. The zero-order valence-electron chi connectivity index (χ0n) is 18.0. The molecule has 2 aromatic heterocycles. The van der Waals surface area contributed by atoms with Crippen LogP contribution in [0.3, 0.4) is 0 Å². The Hall–Kier alpha value is -2.70. The molecule has 31 heavy (non-hydrogen) atoms. The van der Waals surface area contributed by atoms with E-state index in [0.29, 0.717) is 0 Å². The predicted octanol–water partition coefficient (Wildman–Crippen LogP) is 4.86. The molecule has 0 bridgehead atoms. The molecule has 0 unspecified atom stereocenters. The first-order chi connectivity index (χ1) is 15.1. The summed E-state index contributed by atoms with van der Waals surface area (Å²) in [4.78, 5) is 6.93. The number of aryl methyl sites for hydroxylation is 2. The Morgan fingerprint density at radius 2 is 1.97 bits per heavy atom. The average molecular weight is 433 g/mol. The average Bonchev–Trinajstić information content (AvgIpc) is 3.48. The number of hydrogen-bond donors (Lipinski definition) is 1. The van der Waals surface area contributed by atoms with Crippen molar-refractivity contribution < 1.29 is 4.74 Å². The zero-order valence-corrected chi connectivity index (χ0v) is 18.8. The van der Waals surface area contributed by atoms with Gasteiger partial charge in [-0.1, -0.05) is 12.1 Å². The number of rotatable bonds is 5. The minimum atomic E-state index is -0.0346. The van der Waals surface area contributed by atoms with E-state index in [9.17, 15) is 0 Å². The quantitative estimate of drug-likeness (QED) is 0.584. The number of nitrogens with zero attached hydrogens (tertiary/aromatic N) is 3. The van der Waals surface area contributed by atoms with Crippen LogP contribution in [0.15, 0.2) is 60.9 Å². The van der Waals surface area contributed by atoms with Crippen molar-refractivity contribution in [1.82, 2.24) is 14.9 Å². The summed E-state index contributed by atoms with van der Waals surface area (Å²) in [6.45, 7) is 5.99. The van der Waals surface area contributed by atoms with Crippen molar-refractivity contribution in [2.45, 2.75) is 51.4 Å². The zero-order chi connectivity index (χ0) is 21.4. The number of pyridine rings is 1. The Bertz CT molecular complexity index is 1050. The minimum absolute atomic E-state index is 0.00000283. The molecule has 5 nitrogen and oxygen atoms in total. The molecule has 1 N–H and O–H groups in total. The van der Waals surface area contributed by atoms with Crippen LogP contribution in [-0.2, 0) is 11.3 Å². The molecule has 5 rings (SSSR count). The van der Waals surface area contributed by atoms with Crippen LogP contribution >= 0.6 is 12.2 Å². The maximum absolute atomic E-state index is 5.93. The molecule has 0 saturated carbocycles. The molecule has 4 heterocycles. The Morgan fingerprint density at radius 1 is 1.13 bits per heavy atom. The standard InChI is InChI=1S/C25H28N4OS/c1-17-13-18(2)15-19(14-17)29-24(23(27-25(29)31)21-8-3-4-10-26-21)22-9-5-11-28(22)16-20-7-6-12-30-20/h3-5,8-11,13-15,20,23-24H,6-7,12,16H2,1-2H3,(H,27,31)/t20-,23-,24-/m1/s1. The molecule has 6 heteroatoms. The van der Waals surface area contributed by atoms with E-state index in [-0.39, 0.29) is 18.2 Å². The van der Waals surface area contributed by atoms with Crippen molar-refractivity contribution in [3.63, 3.8) is 0 Å². The molecule has 0 radical (unpaired) electrons. The molecule has 1 aromatic carbocycles. The number of benzene rings is 1.